The molecule has 0 aromatic heterocycles. The molecular formula is C20H21ClN2O5. The van der Waals surface area contributed by atoms with Gasteiger partial charge in [0, 0.05) is 16.8 Å². The van der Waals surface area contributed by atoms with E-state index in [1.807, 2.05) is 39.0 Å². The van der Waals surface area contributed by atoms with Gasteiger partial charge in [-0.1, -0.05) is 43.6 Å². The zero-order chi connectivity index (χ0) is 21.0. The number of rotatable bonds is 6. The molecule has 0 aliphatic heterocycles. The minimum absolute atomic E-state index is 0.149. The van der Waals surface area contributed by atoms with Crippen molar-refractivity contribution < 1.29 is 19.2 Å². The summed E-state index contributed by atoms with van der Waals surface area (Å²) in [6.07, 6.45) is -1.16. The van der Waals surface area contributed by atoms with E-state index in [1.165, 1.54) is 13.0 Å². The van der Waals surface area contributed by atoms with Gasteiger partial charge in [0.05, 0.1) is 4.92 Å². The molecule has 8 heteroatoms. The number of esters is 1. The van der Waals surface area contributed by atoms with Gasteiger partial charge in [0.15, 0.2) is 6.10 Å². The van der Waals surface area contributed by atoms with Crippen molar-refractivity contribution in [3.63, 3.8) is 0 Å². The van der Waals surface area contributed by atoms with Crippen LogP contribution < -0.4 is 5.32 Å². The second-order valence-electron chi connectivity index (χ2n) is 6.65. The molecule has 0 spiro atoms. The van der Waals surface area contributed by atoms with Crippen molar-refractivity contribution in [2.75, 3.05) is 5.32 Å². The molecule has 0 aliphatic rings. The summed E-state index contributed by atoms with van der Waals surface area (Å²) in [6.45, 7) is 7.28. The van der Waals surface area contributed by atoms with Gasteiger partial charge in [-0.25, -0.2) is 4.79 Å². The van der Waals surface area contributed by atoms with Crippen LogP contribution in [0.3, 0.4) is 0 Å². The maximum atomic E-state index is 12.5. The Kier molecular flexibility index (Phi) is 6.75. The fourth-order valence-electron chi connectivity index (χ4n) is 2.68. The first-order chi connectivity index (χ1) is 13.1. The van der Waals surface area contributed by atoms with E-state index >= 15 is 0 Å². The molecule has 2 rings (SSSR count). The Hall–Kier alpha value is -2.93. The van der Waals surface area contributed by atoms with Crippen molar-refractivity contribution in [2.45, 2.75) is 39.7 Å². The summed E-state index contributed by atoms with van der Waals surface area (Å²) in [5.74, 6) is -1.35. The Labute approximate surface area is 167 Å². The highest BCUT2D eigenvalue weighted by atomic mass is 35.5. The lowest BCUT2D eigenvalue weighted by Gasteiger charge is -2.19. The summed E-state index contributed by atoms with van der Waals surface area (Å²) >= 11 is 5.83. The lowest BCUT2D eigenvalue weighted by Crippen LogP contribution is -2.30. The van der Waals surface area contributed by atoms with Crippen LogP contribution in [0.25, 0.3) is 0 Å². The number of amides is 1. The molecule has 0 radical (unpaired) electrons. The first-order valence-electron chi connectivity index (χ1n) is 8.67. The van der Waals surface area contributed by atoms with Crippen LogP contribution in [0.2, 0.25) is 5.02 Å². The molecule has 0 heterocycles. The lowest BCUT2D eigenvalue weighted by atomic mass is 9.98. The molecule has 0 saturated heterocycles. The van der Waals surface area contributed by atoms with E-state index in [0.29, 0.717) is 5.69 Å². The predicted molar refractivity (Wildman–Crippen MR) is 107 cm³/mol. The molecule has 0 fully saturated rings. The molecule has 148 valence electrons. The smallest absolute Gasteiger partial charge is 0.345 e. The SMILES string of the molecule is Cc1cccc(C(C)C)c1NC(=O)[C@H](C)OC(=O)c1cc(Cl)ccc1[N+](=O)[O-]. The average Bonchev–Trinajstić information content (AvgIpc) is 2.62. The number of hydrogen-bond acceptors (Lipinski definition) is 5. The van der Waals surface area contributed by atoms with Crippen molar-refractivity contribution in [1.82, 2.24) is 0 Å². The van der Waals surface area contributed by atoms with Gasteiger partial charge in [-0.15, -0.1) is 0 Å². The summed E-state index contributed by atoms with van der Waals surface area (Å²) < 4.78 is 5.14. The van der Waals surface area contributed by atoms with Gasteiger partial charge in [-0.05, 0) is 43.0 Å². The van der Waals surface area contributed by atoms with Crippen LogP contribution in [0, 0.1) is 17.0 Å². The van der Waals surface area contributed by atoms with Crippen LogP contribution >= 0.6 is 11.6 Å². The van der Waals surface area contributed by atoms with E-state index in [1.54, 1.807) is 0 Å². The Morgan fingerprint density at radius 3 is 2.46 bits per heavy atom. The first-order valence-corrected chi connectivity index (χ1v) is 9.05. The minimum atomic E-state index is -1.16. The Balaban J connectivity index is 2.19. The minimum Gasteiger partial charge on any atom is -0.449 e. The second kappa shape index (κ2) is 8.84. The van der Waals surface area contributed by atoms with Crippen molar-refractivity contribution in [1.29, 1.82) is 0 Å². The lowest BCUT2D eigenvalue weighted by molar-refractivity contribution is -0.385. The number of nitrogens with one attached hydrogen (secondary N) is 1. The third kappa shape index (κ3) is 4.86. The number of ether oxygens (including phenoxy) is 1. The van der Waals surface area contributed by atoms with Crippen LogP contribution in [0.4, 0.5) is 11.4 Å². The summed E-state index contributed by atoms with van der Waals surface area (Å²) in [5, 5.41) is 14.1. The van der Waals surface area contributed by atoms with Crippen molar-refractivity contribution >= 4 is 34.9 Å². The number of anilines is 1. The quantitative estimate of drug-likeness (QED) is 0.421. The number of carbonyl (C=O) groups excluding carboxylic acids is 2. The molecule has 0 unspecified atom stereocenters. The third-order valence-corrected chi connectivity index (χ3v) is 4.44. The fourth-order valence-corrected chi connectivity index (χ4v) is 2.85. The van der Waals surface area contributed by atoms with Gasteiger partial charge in [0.25, 0.3) is 11.6 Å². The van der Waals surface area contributed by atoms with Gasteiger partial charge in [0.1, 0.15) is 5.56 Å². The van der Waals surface area contributed by atoms with E-state index in [0.717, 1.165) is 23.3 Å². The van der Waals surface area contributed by atoms with E-state index in [4.69, 9.17) is 16.3 Å². The highest BCUT2D eigenvalue weighted by molar-refractivity contribution is 6.31. The molecule has 1 amide bonds. The normalized spacial score (nSPS) is 11.8. The van der Waals surface area contributed by atoms with Crippen molar-refractivity contribution in [3.05, 3.63) is 68.2 Å². The average molecular weight is 405 g/mol. The molecule has 2 aromatic carbocycles. The van der Waals surface area contributed by atoms with E-state index in [-0.39, 0.29) is 16.5 Å². The number of halogens is 1. The molecule has 7 nitrogen and oxygen atoms in total. The van der Waals surface area contributed by atoms with E-state index < -0.39 is 28.6 Å². The van der Waals surface area contributed by atoms with Gasteiger partial charge >= 0.3 is 5.97 Å². The van der Waals surface area contributed by atoms with Gasteiger partial charge in [-0.3, -0.25) is 14.9 Å². The highest BCUT2D eigenvalue weighted by Crippen LogP contribution is 2.28. The Morgan fingerprint density at radius 1 is 1.18 bits per heavy atom. The second-order valence-corrected chi connectivity index (χ2v) is 7.09. The molecule has 2 aromatic rings. The Morgan fingerprint density at radius 2 is 1.86 bits per heavy atom. The van der Waals surface area contributed by atoms with Crippen LogP contribution in [0.5, 0.6) is 0 Å². The standard InChI is InChI=1S/C20H21ClN2O5/c1-11(2)15-7-5-6-12(3)18(15)22-19(24)13(4)28-20(25)16-10-14(21)8-9-17(16)23(26)27/h5-11,13H,1-4H3,(H,22,24)/t13-/m0/s1. The summed E-state index contributed by atoms with van der Waals surface area (Å²) in [6, 6.07) is 9.25. The van der Waals surface area contributed by atoms with Crippen LogP contribution in [0.1, 0.15) is 48.2 Å². The number of carbonyl (C=O) groups is 2. The number of nitro benzene ring substituents is 1. The summed E-state index contributed by atoms with van der Waals surface area (Å²) in [4.78, 5) is 35.3. The van der Waals surface area contributed by atoms with Crippen LogP contribution in [0.15, 0.2) is 36.4 Å². The maximum absolute atomic E-state index is 12.5. The van der Waals surface area contributed by atoms with E-state index in [9.17, 15) is 19.7 Å². The number of aryl methyl sites for hydroxylation is 1. The molecule has 0 bridgehead atoms. The van der Waals surface area contributed by atoms with Gasteiger partial charge < -0.3 is 10.1 Å². The van der Waals surface area contributed by atoms with Crippen LogP contribution in [-0.2, 0) is 9.53 Å². The molecule has 0 saturated carbocycles. The number of benzene rings is 2. The molecule has 1 N–H and O–H groups in total. The molecule has 1 atom stereocenters. The number of nitrogens with zero attached hydrogens (tertiary/aromatic N) is 1. The monoisotopic (exact) mass is 404 g/mol. The topological polar surface area (TPSA) is 98.5 Å². The third-order valence-electron chi connectivity index (χ3n) is 4.20. The number of nitro groups is 1. The van der Waals surface area contributed by atoms with Crippen molar-refractivity contribution in [3.8, 4) is 0 Å². The summed E-state index contributed by atoms with van der Waals surface area (Å²) in [7, 11) is 0. The maximum Gasteiger partial charge on any atom is 0.345 e. The zero-order valence-electron chi connectivity index (χ0n) is 16.0. The predicted octanol–water partition coefficient (Wildman–Crippen LogP) is 4.86. The van der Waals surface area contributed by atoms with Gasteiger partial charge in [0.2, 0.25) is 0 Å². The Bertz CT molecular complexity index is 927. The fraction of sp³-hybridized carbons (Fsp3) is 0.300. The molecule has 0 aliphatic carbocycles. The van der Waals surface area contributed by atoms with Gasteiger partial charge in [-0.2, -0.15) is 0 Å². The largest absolute Gasteiger partial charge is 0.449 e. The first kappa shape index (κ1) is 21.4. The van der Waals surface area contributed by atoms with E-state index in [2.05, 4.69) is 5.32 Å². The summed E-state index contributed by atoms with van der Waals surface area (Å²) in [5.41, 5.74) is 1.75. The van der Waals surface area contributed by atoms with Crippen LogP contribution in [-0.4, -0.2) is 22.9 Å². The zero-order valence-corrected chi connectivity index (χ0v) is 16.7. The van der Waals surface area contributed by atoms with Crippen molar-refractivity contribution in [2.24, 2.45) is 0 Å². The highest BCUT2D eigenvalue weighted by Gasteiger charge is 2.26. The number of hydrogen-bond donors (Lipinski definition) is 1. The molecule has 28 heavy (non-hydrogen) atoms. The number of para-hydroxylation sites is 1. The molecular weight excluding hydrogens is 384 g/mol.